The molecule has 27 heavy (non-hydrogen) atoms. The van der Waals surface area contributed by atoms with Gasteiger partial charge in [-0.2, -0.15) is 0 Å². The van der Waals surface area contributed by atoms with E-state index in [4.69, 9.17) is 16.6 Å². The molecule has 3 rings (SSSR count). The number of hydrogen-bond acceptors (Lipinski definition) is 2. The normalized spacial score (nSPS) is 11.3. The van der Waals surface area contributed by atoms with Gasteiger partial charge in [0.2, 0.25) is 0 Å². The van der Waals surface area contributed by atoms with E-state index in [-0.39, 0.29) is 24.0 Å². The minimum Gasteiger partial charge on any atom is -0.357 e. The van der Waals surface area contributed by atoms with Crippen LogP contribution in [0.25, 0.3) is 5.65 Å². The summed E-state index contributed by atoms with van der Waals surface area (Å²) in [6.45, 7) is 4.34. The highest BCUT2D eigenvalue weighted by Gasteiger charge is 2.07. The molecule has 0 aliphatic heterocycles. The highest BCUT2D eigenvalue weighted by molar-refractivity contribution is 14.0. The second-order valence-corrected chi connectivity index (χ2v) is 6.61. The monoisotopic (exact) mass is 497 g/mol. The number of fused-ring (bicyclic) bond motifs is 1. The maximum atomic E-state index is 6.08. The smallest absolute Gasteiger partial charge is 0.193 e. The maximum Gasteiger partial charge on any atom is 0.193 e. The zero-order chi connectivity index (χ0) is 18.4. The van der Waals surface area contributed by atoms with E-state index in [2.05, 4.69) is 34.4 Å². The minimum atomic E-state index is 0. The standard InChI is InChI=1S/C20H24ClN5.HI/c1-3-22-20(25(2)14-16-7-6-8-17(21)13-16)23-11-10-18-15-26-12-5-4-9-19(26)24-18;/h4-9,12-13,15H,3,10-11,14H2,1-2H3,(H,22,23);1H. The first kappa shape index (κ1) is 21.5. The summed E-state index contributed by atoms with van der Waals surface area (Å²) in [6.07, 6.45) is 4.88. The molecular formula is C20H25ClIN5. The summed E-state index contributed by atoms with van der Waals surface area (Å²) in [5.74, 6) is 0.885. The Labute approximate surface area is 182 Å². The molecule has 0 atom stereocenters. The van der Waals surface area contributed by atoms with Crippen LogP contribution in [0.5, 0.6) is 0 Å². The molecule has 0 amide bonds. The summed E-state index contributed by atoms with van der Waals surface area (Å²) >= 11 is 6.08. The van der Waals surface area contributed by atoms with Crippen LogP contribution in [0.15, 0.2) is 59.9 Å². The fraction of sp³-hybridized carbons (Fsp3) is 0.300. The van der Waals surface area contributed by atoms with Crippen LogP contribution < -0.4 is 5.32 Å². The molecule has 144 valence electrons. The Hall–Kier alpha value is -1.80. The molecule has 3 aromatic rings. The van der Waals surface area contributed by atoms with E-state index in [0.717, 1.165) is 47.4 Å². The van der Waals surface area contributed by atoms with Gasteiger partial charge in [0.25, 0.3) is 0 Å². The number of pyridine rings is 1. The minimum absolute atomic E-state index is 0. The van der Waals surface area contributed by atoms with Crippen molar-refractivity contribution in [3.8, 4) is 0 Å². The molecule has 0 radical (unpaired) electrons. The quantitative estimate of drug-likeness (QED) is 0.315. The van der Waals surface area contributed by atoms with Crippen molar-refractivity contribution in [2.45, 2.75) is 19.9 Å². The molecule has 0 aliphatic carbocycles. The molecule has 2 heterocycles. The number of nitrogens with zero attached hydrogens (tertiary/aromatic N) is 4. The fourth-order valence-corrected chi connectivity index (χ4v) is 3.05. The highest BCUT2D eigenvalue weighted by Crippen LogP contribution is 2.12. The topological polar surface area (TPSA) is 44.9 Å². The van der Waals surface area contributed by atoms with Gasteiger partial charge in [-0.1, -0.05) is 29.8 Å². The van der Waals surface area contributed by atoms with Gasteiger partial charge in [-0.15, -0.1) is 24.0 Å². The van der Waals surface area contributed by atoms with Gasteiger partial charge in [0.15, 0.2) is 5.96 Å². The number of hydrogen-bond donors (Lipinski definition) is 1. The van der Waals surface area contributed by atoms with Gasteiger partial charge in [-0.05, 0) is 36.8 Å². The van der Waals surface area contributed by atoms with Gasteiger partial charge in [-0.25, -0.2) is 4.98 Å². The number of aliphatic imine (C=N–C) groups is 1. The number of benzene rings is 1. The van der Waals surface area contributed by atoms with Gasteiger partial charge in [-0.3, -0.25) is 4.99 Å². The first-order valence-electron chi connectivity index (χ1n) is 8.82. The maximum absolute atomic E-state index is 6.08. The van der Waals surface area contributed by atoms with Crippen LogP contribution in [0.2, 0.25) is 5.02 Å². The van der Waals surface area contributed by atoms with E-state index in [1.54, 1.807) is 0 Å². The van der Waals surface area contributed by atoms with Crippen LogP contribution in [-0.2, 0) is 13.0 Å². The Balaban J connectivity index is 0.00000261. The van der Waals surface area contributed by atoms with Crippen molar-refractivity contribution < 1.29 is 0 Å². The lowest BCUT2D eigenvalue weighted by Gasteiger charge is -2.22. The van der Waals surface area contributed by atoms with E-state index in [0.29, 0.717) is 6.54 Å². The fourth-order valence-electron chi connectivity index (χ4n) is 2.84. The van der Waals surface area contributed by atoms with Gasteiger partial charge in [0, 0.05) is 50.5 Å². The number of halogens is 2. The molecule has 2 aromatic heterocycles. The molecule has 0 fully saturated rings. The third kappa shape index (κ3) is 6.10. The van der Waals surface area contributed by atoms with Crippen molar-refractivity contribution in [2.75, 3.05) is 20.1 Å². The van der Waals surface area contributed by atoms with E-state index in [1.807, 2.05) is 54.0 Å². The number of imidazole rings is 1. The summed E-state index contributed by atoms with van der Waals surface area (Å²) < 4.78 is 2.04. The van der Waals surface area contributed by atoms with Crippen LogP contribution in [0.1, 0.15) is 18.2 Å². The second-order valence-electron chi connectivity index (χ2n) is 6.17. The number of aromatic nitrogens is 2. The first-order chi connectivity index (χ1) is 12.7. The summed E-state index contributed by atoms with van der Waals surface area (Å²) in [6, 6.07) is 13.9. The van der Waals surface area contributed by atoms with Crippen molar-refractivity contribution in [1.29, 1.82) is 0 Å². The van der Waals surface area contributed by atoms with E-state index >= 15 is 0 Å². The summed E-state index contributed by atoms with van der Waals surface area (Å²) in [5, 5.41) is 4.10. The first-order valence-corrected chi connectivity index (χ1v) is 9.20. The Kier molecular flexibility index (Phi) is 8.37. The molecule has 1 N–H and O–H groups in total. The molecule has 1 aromatic carbocycles. The number of nitrogens with one attached hydrogen (secondary N) is 1. The molecule has 0 unspecified atom stereocenters. The average Bonchev–Trinajstić information content (AvgIpc) is 3.03. The third-order valence-electron chi connectivity index (χ3n) is 4.05. The molecule has 0 bridgehead atoms. The Morgan fingerprint density at radius 1 is 1.26 bits per heavy atom. The van der Waals surface area contributed by atoms with Crippen LogP contribution >= 0.6 is 35.6 Å². The zero-order valence-electron chi connectivity index (χ0n) is 15.6. The lowest BCUT2D eigenvalue weighted by molar-refractivity contribution is 0.477. The molecule has 7 heteroatoms. The summed E-state index contributed by atoms with van der Waals surface area (Å²) in [7, 11) is 2.04. The number of guanidine groups is 1. The lowest BCUT2D eigenvalue weighted by atomic mass is 10.2. The molecule has 5 nitrogen and oxygen atoms in total. The molecule has 0 aliphatic rings. The second kappa shape index (κ2) is 10.5. The van der Waals surface area contributed by atoms with Crippen molar-refractivity contribution in [1.82, 2.24) is 19.6 Å². The van der Waals surface area contributed by atoms with Crippen molar-refractivity contribution in [3.05, 3.63) is 71.1 Å². The Morgan fingerprint density at radius 2 is 2.11 bits per heavy atom. The summed E-state index contributed by atoms with van der Waals surface area (Å²) in [4.78, 5) is 11.5. The molecule has 0 saturated heterocycles. The van der Waals surface area contributed by atoms with Gasteiger partial charge >= 0.3 is 0 Å². The predicted octanol–water partition coefficient (Wildman–Crippen LogP) is 4.25. The van der Waals surface area contributed by atoms with E-state index < -0.39 is 0 Å². The van der Waals surface area contributed by atoms with Gasteiger partial charge in [0.1, 0.15) is 5.65 Å². The van der Waals surface area contributed by atoms with Gasteiger partial charge in [0.05, 0.1) is 5.69 Å². The predicted molar refractivity (Wildman–Crippen MR) is 123 cm³/mol. The summed E-state index contributed by atoms with van der Waals surface area (Å²) in [5.41, 5.74) is 3.18. The van der Waals surface area contributed by atoms with Crippen molar-refractivity contribution in [3.63, 3.8) is 0 Å². The van der Waals surface area contributed by atoms with Crippen LogP contribution in [0, 0.1) is 0 Å². The van der Waals surface area contributed by atoms with E-state index in [1.165, 1.54) is 0 Å². The lowest BCUT2D eigenvalue weighted by Crippen LogP contribution is -2.38. The Bertz CT molecular complexity index is 860. The van der Waals surface area contributed by atoms with Crippen LogP contribution in [-0.4, -0.2) is 40.4 Å². The molecule has 0 saturated carbocycles. The van der Waals surface area contributed by atoms with Crippen LogP contribution in [0.4, 0.5) is 0 Å². The third-order valence-corrected chi connectivity index (χ3v) is 4.28. The van der Waals surface area contributed by atoms with Gasteiger partial charge < -0.3 is 14.6 Å². The SMILES string of the molecule is CCNC(=NCCc1cn2ccccc2n1)N(C)Cc1cccc(Cl)c1.I. The average molecular weight is 498 g/mol. The zero-order valence-corrected chi connectivity index (χ0v) is 18.7. The Morgan fingerprint density at radius 3 is 2.85 bits per heavy atom. The van der Waals surface area contributed by atoms with Crippen LogP contribution in [0.3, 0.4) is 0 Å². The van der Waals surface area contributed by atoms with Crippen molar-refractivity contribution >= 4 is 47.2 Å². The number of rotatable bonds is 6. The van der Waals surface area contributed by atoms with Crippen molar-refractivity contribution in [2.24, 2.45) is 4.99 Å². The molecular weight excluding hydrogens is 473 g/mol. The molecule has 0 spiro atoms. The highest BCUT2D eigenvalue weighted by atomic mass is 127. The van der Waals surface area contributed by atoms with E-state index in [9.17, 15) is 0 Å². The largest absolute Gasteiger partial charge is 0.357 e.